The van der Waals surface area contributed by atoms with Crippen LogP contribution in [0.4, 0.5) is 0 Å². The first kappa shape index (κ1) is 43.1. The number of carbonyl (C=O) groups excluding carboxylic acids is 7. The number of aliphatic imine (C=N–C) groups is 1. The van der Waals surface area contributed by atoms with Gasteiger partial charge in [0.05, 0.1) is 13.0 Å². The van der Waals surface area contributed by atoms with Crippen LogP contribution in [0.3, 0.4) is 0 Å². The SMILES string of the molecule is NC(=O)C1CSSCCC(=O)NC(CCCCN=C(N)N)C(=O)NCC(=O)NC(CC(=O)O)C(=O)NC(=Cc2ccccc2)C(=O)N2CCCC2C(=O)N1. The Morgan fingerprint density at radius 3 is 2.31 bits per heavy atom. The molecule has 2 saturated heterocycles. The Kier molecular flexibility index (Phi) is 17.6. The van der Waals surface area contributed by atoms with Crippen molar-refractivity contribution in [3.8, 4) is 0 Å². The quantitative estimate of drug-likeness (QED) is 0.0426. The molecule has 0 saturated carbocycles. The number of hydrogen-bond donors (Lipinski definition) is 9. The molecule has 2 heterocycles. The van der Waals surface area contributed by atoms with E-state index in [2.05, 4.69) is 31.6 Å². The number of nitrogens with one attached hydrogen (secondary N) is 5. The van der Waals surface area contributed by atoms with Crippen LogP contribution in [0.25, 0.3) is 6.08 Å². The van der Waals surface area contributed by atoms with E-state index in [0.717, 1.165) is 0 Å². The molecule has 4 atom stereocenters. The van der Waals surface area contributed by atoms with Crippen LogP contribution in [0.5, 0.6) is 0 Å². The lowest BCUT2D eigenvalue weighted by molar-refractivity contribution is -0.141. The van der Waals surface area contributed by atoms with E-state index in [9.17, 15) is 43.5 Å². The molecule has 294 valence electrons. The smallest absolute Gasteiger partial charge is 0.305 e. The molecule has 0 aromatic heterocycles. The summed E-state index contributed by atoms with van der Waals surface area (Å²) in [5.41, 5.74) is 16.5. The Morgan fingerprint density at radius 1 is 0.907 bits per heavy atom. The number of fused-ring (bicyclic) bond motifs is 1. The third kappa shape index (κ3) is 14.6. The fraction of sp³-hybridized carbons (Fsp3) is 0.485. The number of nitrogens with zero attached hydrogens (tertiary/aromatic N) is 2. The molecule has 0 radical (unpaired) electrons. The molecule has 7 amide bonds. The van der Waals surface area contributed by atoms with Crippen LogP contribution in [-0.4, -0.2) is 119 Å². The van der Waals surface area contributed by atoms with Crippen LogP contribution < -0.4 is 43.8 Å². The summed E-state index contributed by atoms with van der Waals surface area (Å²) in [4.78, 5) is 109. The predicted octanol–water partition coefficient (Wildman–Crippen LogP) is -2.11. The lowest BCUT2D eigenvalue weighted by Crippen LogP contribution is -2.55. The summed E-state index contributed by atoms with van der Waals surface area (Å²) in [5.74, 6) is -6.60. The highest BCUT2D eigenvalue weighted by atomic mass is 33.1. The van der Waals surface area contributed by atoms with Gasteiger partial charge in [0.2, 0.25) is 35.4 Å². The Balaban J connectivity index is 1.92. The van der Waals surface area contributed by atoms with Gasteiger partial charge in [-0.3, -0.25) is 43.3 Å². The molecule has 0 aliphatic carbocycles. The van der Waals surface area contributed by atoms with Gasteiger partial charge in [0, 0.05) is 31.0 Å². The molecule has 12 N–H and O–H groups in total. The summed E-state index contributed by atoms with van der Waals surface area (Å²) < 4.78 is 0. The molecule has 4 unspecified atom stereocenters. The normalized spacial score (nSPS) is 23.6. The van der Waals surface area contributed by atoms with Crippen molar-refractivity contribution in [2.24, 2.45) is 22.2 Å². The molecule has 0 bridgehead atoms. The molecule has 19 nitrogen and oxygen atoms in total. The Labute approximate surface area is 319 Å². The highest BCUT2D eigenvalue weighted by molar-refractivity contribution is 8.76. The number of rotatable bonds is 9. The average Bonchev–Trinajstić information content (AvgIpc) is 3.62. The highest BCUT2D eigenvalue weighted by Crippen LogP contribution is 2.24. The van der Waals surface area contributed by atoms with Crippen LogP contribution in [0.1, 0.15) is 50.5 Å². The number of benzene rings is 1. The molecule has 0 spiro atoms. The molecule has 54 heavy (non-hydrogen) atoms. The summed E-state index contributed by atoms with van der Waals surface area (Å²) in [7, 11) is 2.43. The van der Waals surface area contributed by atoms with Gasteiger partial charge in [0.15, 0.2) is 5.96 Å². The zero-order valence-corrected chi connectivity index (χ0v) is 31.0. The molecule has 2 fully saturated rings. The van der Waals surface area contributed by atoms with E-state index >= 15 is 0 Å². The van der Waals surface area contributed by atoms with Gasteiger partial charge >= 0.3 is 5.97 Å². The fourth-order valence-electron chi connectivity index (χ4n) is 5.42. The summed E-state index contributed by atoms with van der Waals surface area (Å²) in [6.07, 6.45) is 2.17. The van der Waals surface area contributed by atoms with Gasteiger partial charge in [-0.15, -0.1) is 0 Å². The van der Waals surface area contributed by atoms with Gasteiger partial charge in [-0.2, -0.15) is 0 Å². The number of carbonyl (C=O) groups is 8. The lowest BCUT2D eigenvalue weighted by Gasteiger charge is -2.27. The van der Waals surface area contributed by atoms with Crippen molar-refractivity contribution in [2.75, 3.05) is 31.1 Å². The Bertz CT molecular complexity index is 1610. The molecular weight excluding hydrogens is 745 g/mol. The van der Waals surface area contributed by atoms with Crippen molar-refractivity contribution in [1.29, 1.82) is 0 Å². The minimum atomic E-state index is -1.70. The van der Waals surface area contributed by atoms with Gasteiger partial charge in [-0.1, -0.05) is 51.9 Å². The predicted molar refractivity (Wildman–Crippen MR) is 202 cm³/mol. The number of guanidine groups is 1. The molecular formula is C33H46N10O9S2. The minimum Gasteiger partial charge on any atom is -0.481 e. The van der Waals surface area contributed by atoms with E-state index in [-0.39, 0.29) is 55.5 Å². The third-order valence-corrected chi connectivity index (χ3v) is 10.5. The van der Waals surface area contributed by atoms with Gasteiger partial charge in [-0.05, 0) is 43.7 Å². The van der Waals surface area contributed by atoms with E-state index in [0.29, 0.717) is 24.8 Å². The maximum atomic E-state index is 14.0. The van der Waals surface area contributed by atoms with Crippen molar-refractivity contribution in [2.45, 2.75) is 69.1 Å². The van der Waals surface area contributed by atoms with Crippen molar-refractivity contribution >= 4 is 80.9 Å². The van der Waals surface area contributed by atoms with Crippen molar-refractivity contribution in [3.63, 3.8) is 0 Å². The number of primary amides is 1. The van der Waals surface area contributed by atoms with Gasteiger partial charge < -0.3 is 53.8 Å². The number of nitrogens with two attached hydrogens (primary N) is 3. The van der Waals surface area contributed by atoms with Crippen LogP contribution in [0.2, 0.25) is 0 Å². The summed E-state index contributed by atoms with van der Waals surface area (Å²) in [5, 5.41) is 21.9. The largest absolute Gasteiger partial charge is 0.481 e. The maximum absolute atomic E-state index is 14.0. The second-order valence-electron chi connectivity index (χ2n) is 12.3. The standard InChI is InChI=1S/C33H46N10O9S2/c34-28(48)23-18-54-53-14-11-25(44)39-20(9-4-5-12-37-33(35)36)29(49)38-17-26(45)40-21(16-27(46)47)30(50)41-22(15-19-7-2-1-3-8-19)32(52)43-13-6-10-24(43)31(51)42-23/h1-3,7-8,15,20-21,23-24H,4-6,9-14,16-18H2,(H2,34,48)(H,38,49)(H,39,44)(H,40,45)(H,41,50)(H,42,51)(H,46,47)(H4,35,36,37). The topological polar surface area (TPSA) is 311 Å². The molecule has 2 aliphatic heterocycles. The second kappa shape index (κ2) is 22.0. The first-order valence-corrected chi connectivity index (χ1v) is 19.6. The fourth-order valence-corrected chi connectivity index (χ4v) is 7.59. The van der Waals surface area contributed by atoms with Crippen LogP contribution in [-0.2, 0) is 38.4 Å². The van der Waals surface area contributed by atoms with Gasteiger partial charge in [-0.25, -0.2) is 0 Å². The van der Waals surface area contributed by atoms with Crippen LogP contribution >= 0.6 is 21.6 Å². The number of unbranched alkanes of at least 4 members (excludes halogenated alkanes) is 1. The maximum Gasteiger partial charge on any atom is 0.305 e. The molecule has 3 rings (SSSR count). The monoisotopic (exact) mass is 790 g/mol. The van der Waals surface area contributed by atoms with Crippen molar-refractivity contribution in [1.82, 2.24) is 31.5 Å². The Hall–Kier alpha value is -5.31. The van der Waals surface area contributed by atoms with E-state index < -0.39 is 84.5 Å². The van der Waals surface area contributed by atoms with E-state index in [4.69, 9.17) is 17.2 Å². The lowest BCUT2D eigenvalue weighted by atomic mass is 10.1. The van der Waals surface area contributed by atoms with Crippen molar-refractivity contribution < 1.29 is 43.5 Å². The number of hydrogen-bond acceptors (Lipinski definition) is 11. The molecule has 1 aromatic carbocycles. The number of carboxylic acid groups (broad SMARTS) is 1. The number of carboxylic acids is 1. The Morgan fingerprint density at radius 2 is 1.63 bits per heavy atom. The van der Waals surface area contributed by atoms with E-state index in [1.807, 2.05) is 0 Å². The second-order valence-corrected chi connectivity index (χ2v) is 14.9. The van der Waals surface area contributed by atoms with Crippen LogP contribution in [0.15, 0.2) is 41.0 Å². The van der Waals surface area contributed by atoms with Gasteiger partial charge in [0.25, 0.3) is 5.91 Å². The zero-order valence-electron chi connectivity index (χ0n) is 29.4. The summed E-state index contributed by atoms with van der Waals surface area (Å²) in [6.45, 7) is -0.265. The summed E-state index contributed by atoms with van der Waals surface area (Å²) in [6, 6.07) is 3.49. The molecule has 21 heteroatoms. The highest BCUT2D eigenvalue weighted by Gasteiger charge is 2.38. The van der Waals surface area contributed by atoms with Crippen LogP contribution in [0, 0.1) is 0 Å². The third-order valence-electron chi connectivity index (χ3n) is 8.11. The van der Waals surface area contributed by atoms with Crippen molar-refractivity contribution in [3.05, 3.63) is 41.6 Å². The zero-order chi connectivity index (χ0) is 39.6. The minimum absolute atomic E-state index is 0.0203. The molecule has 2 aliphatic rings. The van der Waals surface area contributed by atoms with Gasteiger partial charge in [0.1, 0.15) is 29.9 Å². The average molecular weight is 791 g/mol. The molecule has 1 aromatic rings. The number of amides is 7. The first-order valence-electron chi connectivity index (χ1n) is 17.1. The first-order chi connectivity index (χ1) is 25.7. The van der Waals surface area contributed by atoms with E-state index in [1.54, 1.807) is 30.3 Å². The number of aliphatic carboxylic acids is 1. The summed E-state index contributed by atoms with van der Waals surface area (Å²) >= 11 is 0. The van der Waals surface area contributed by atoms with E-state index in [1.165, 1.54) is 32.6 Å².